The van der Waals surface area contributed by atoms with Crippen molar-refractivity contribution in [3.05, 3.63) is 64.7 Å². The first-order valence-electron chi connectivity index (χ1n) is 8.53. The van der Waals surface area contributed by atoms with Gasteiger partial charge in [0.2, 0.25) is 11.8 Å². The fraction of sp³-hybridized carbons (Fsp3) is 0.333. The third-order valence-electron chi connectivity index (χ3n) is 4.87. The van der Waals surface area contributed by atoms with Gasteiger partial charge in [0.25, 0.3) is 0 Å². The fourth-order valence-electron chi connectivity index (χ4n) is 3.40. The van der Waals surface area contributed by atoms with Gasteiger partial charge in [-0.1, -0.05) is 42.0 Å². The lowest BCUT2D eigenvalue weighted by Gasteiger charge is -2.16. The Balaban J connectivity index is 1.68. The highest BCUT2D eigenvalue weighted by Gasteiger charge is 2.42. The molecule has 2 aromatic rings. The predicted octanol–water partition coefficient (Wildman–Crippen LogP) is 3.11. The molecule has 1 aliphatic rings. The van der Waals surface area contributed by atoms with E-state index in [1.54, 1.807) is 11.9 Å². The molecule has 0 radical (unpaired) electrons. The van der Waals surface area contributed by atoms with Crippen LogP contribution in [0.1, 0.15) is 36.1 Å². The molecule has 0 bridgehead atoms. The summed E-state index contributed by atoms with van der Waals surface area (Å²) in [5.74, 6) is 0.0988. The van der Waals surface area contributed by atoms with E-state index in [4.69, 9.17) is 0 Å². The van der Waals surface area contributed by atoms with Crippen molar-refractivity contribution in [2.75, 3.05) is 11.9 Å². The van der Waals surface area contributed by atoms with Gasteiger partial charge in [0.1, 0.15) is 0 Å². The Labute approximate surface area is 148 Å². The second-order valence-corrected chi connectivity index (χ2v) is 7.28. The van der Waals surface area contributed by atoms with Gasteiger partial charge in [0, 0.05) is 19.3 Å². The number of fused-ring (bicyclic) bond motifs is 1. The zero-order chi connectivity index (χ0) is 18.2. The normalized spacial score (nSPS) is 15.2. The summed E-state index contributed by atoms with van der Waals surface area (Å²) in [6, 6.07) is 13.9. The Morgan fingerprint density at radius 1 is 1.12 bits per heavy atom. The number of amides is 2. The minimum absolute atomic E-state index is 0.00134. The Kier molecular flexibility index (Phi) is 4.38. The lowest BCUT2D eigenvalue weighted by atomic mass is 9.85. The number of benzene rings is 2. The highest BCUT2D eigenvalue weighted by Crippen LogP contribution is 2.40. The molecule has 0 saturated heterocycles. The van der Waals surface area contributed by atoms with E-state index in [1.165, 1.54) is 0 Å². The van der Waals surface area contributed by atoms with Crippen molar-refractivity contribution in [2.24, 2.45) is 0 Å². The molecule has 3 rings (SSSR count). The Morgan fingerprint density at radius 2 is 1.88 bits per heavy atom. The van der Waals surface area contributed by atoms with Gasteiger partial charge in [0.15, 0.2) is 0 Å². The van der Waals surface area contributed by atoms with Gasteiger partial charge in [-0.3, -0.25) is 9.59 Å². The molecule has 1 aliphatic heterocycles. The summed E-state index contributed by atoms with van der Waals surface area (Å²) in [6.45, 7) is 6.37. The Hall–Kier alpha value is -2.62. The van der Waals surface area contributed by atoms with Gasteiger partial charge < -0.3 is 10.2 Å². The number of aryl methyl sites for hydroxylation is 1. The van der Waals surface area contributed by atoms with E-state index >= 15 is 0 Å². The maximum absolute atomic E-state index is 12.3. The van der Waals surface area contributed by atoms with Crippen LogP contribution in [0.15, 0.2) is 42.5 Å². The molecule has 2 aromatic carbocycles. The summed E-state index contributed by atoms with van der Waals surface area (Å²) < 4.78 is 0. The first-order valence-corrected chi connectivity index (χ1v) is 8.53. The molecule has 0 spiro atoms. The number of likely N-dealkylation sites (N-methyl/N-ethyl adjacent to an activating group) is 1. The number of hydrogen-bond acceptors (Lipinski definition) is 2. The molecule has 4 heteroatoms. The summed E-state index contributed by atoms with van der Waals surface area (Å²) in [5, 5.41) is 2.97. The second kappa shape index (κ2) is 6.36. The monoisotopic (exact) mass is 336 g/mol. The molecule has 2 amide bonds. The van der Waals surface area contributed by atoms with Crippen molar-refractivity contribution in [1.29, 1.82) is 0 Å². The first kappa shape index (κ1) is 17.2. The topological polar surface area (TPSA) is 49.4 Å². The molecule has 1 heterocycles. The number of carbonyl (C=O) groups is 2. The molecule has 0 aliphatic carbocycles. The average Bonchev–Trinajstić information content (AvgIpc) is 2.74. The van der Waals surface area contributed by atoms with Crippen molar-refractivity contribution < 1.29 is 9.59 Å². The van der Waals surface area contributed by atoms with E-state index in [0.717, 1.165) is 27.9 Å². The van der Waals surface area contributed by atoms with Crippen LogP contribution in [0.2, 0.25) is 0 Å². The lowest BCUT2D eigenvalue weighted by Crippen LogP contribution is -2.33. The highest BCUT2D eigenvalue weighted by molar-refractivity contribution is 6.07. The van der Waals surface area contributed by atoms with Crippen LogP contribution >= 0.6 is 0 Å². The zero-order valence-corrected chi connectivity index (χ0v) is 15.2. The zero-order valence-electron chi connectivity index (χ0n) is 15.2. The third-order valence-corrected chi connectivity index (χ3v) is 4.87. The third kappa shape index (κ3) is 3.29. The molecule has 1 N–H and O–H groups in total. The molecular formula is C21H24N2O2. The van der Waals surface area contributed by atoms with Crippen molar-refractivity contribution in [3.8, 4) is 0 Å². The summed E-state index contributed by atoms with van der Waals surface area (Å²) in [6.07, 6.45) is 0.374. The van der Waals surface area contributed by atoms with Crippen LogP contribution in [0, 0.1) is 6.92 Å². The van der Waals surface area contributed by atoms with Crippen molar-refractivity contribution >= 4 is 17.5 Å². The quantitative estimate of drug-likeness (QED) is 0.933. The molecule has 4 nitrogen and oxygen atoms in total. The summed E-state index contributed by atoms with van der Waals surface area (Å²) in [5.41, 5.74) is 4.62. The number of anilines is 1. The minimum atomic E-state index is -0.522. The van der Waals surface area contributed by atoms with Crippen LogP contribution < -0.4 is 10.2 Å². The van der Waals surface area contributed by atoms with E-state index < -0.39 is 5.41 Å². The van der Waals surface area contributed by atoms with E-state index in [9.17, 15) is 9.59 Å². The number of nitrogens with one attached hydrogen (secondary N) is 1. The van der Waals surface area contributed by atoms with Gasteiger partial charge in [-0.05, 0) is 43.5 Å². The van der Waals surface area contributed by atoms with E-state index in [-0.39, 0.29) is 11.8 Å². The average molecular weight is 336 g/mol. The van der Waals surface area contributed by atoms with Gasteiger partial charge in [-0.25, -0.2) is 0 Å². The predicted molar refractivity (Wildman–Crippen MR) is 99.6 cm³/mol. The maximum atomic E-state index is 12.3. The molecule has 130 valence electrons. The van der Waals surface area contributed by atoms with Crippen LogP contribution in [0.5, 0.6) is 0 Å². The van der Waals surface area contributed by atoms with E-state index in [2.05, 4.69) is 5.32 Å². The van der Waals surface area contributed by atoms with Crippen molar-refractivity contribution in [1.82, 2.24) is 5.32 Å². The lowest BCUT2D eigenvalue weighted by molar-refractivity contribution is -0.122. The molecule has 0 atom stereocenters. The van der Waals surface area contributed by atoms with E-state index in [1.807, 2.05) is 63.2 Å². The minimum Gasteiger partial charge on any atom is -0.352 e. The van der Waals surface area contributed by atoms with Gasteiger partial charge in [0.05, 0.1) is 11.8 Å². The number of carbonyl (C=O) groups excluding carboxylic acids is 2. The summed E-state index contributed by atoms with van der Waals surface area (Å²) in [4.78, 5) is 26.2. The molecule has 0 unspecified atom stereocenters. The molecular weight excluding hydrogens is 312 g/mol. The molecule has 0 saturated carbocycles. The molecule has 25 heavy (non-hydrogen) atoms. The van der Waals surface area contributed by atoms with E-state index in [0.29, 0.717) is 13.0 Å². The first-order chi connectivity index (χ1) is 11.8. The number of nitrogens with zero attached hydrogens (tertiary/aromatic N) is 1. The summed E-state index contributed by atoms with van der Waals surface area (Å²) >= 11 is 0. The SMILES string of the molecule is Cc1cccc(CC(=O)NCc2ccc3c(c2)C(C)(C)C(=O)N3C)c1. The molecule has 0 fully saturated rings. The van der Waals surface area contributed by atoms with Crippen LogP contribution in [0.25, 0.3) is 0 Å². The van der Waals surface area contributed by atoms with Crippen LogP contribution in [0.4, 0.5) is 5.69 Å². The van der Waals surface area contributed by atoms with Gasteiger partial charge in [-0.15, -0.1) is 0 Å². The number of rotatable bonds is 4. The Bertz CT molecular complexity index is 840. The van der Waals surface area contributed by atoms with Crippen molar-refractivity contribution in [2.45, 2.75) is 39.2 Å². The standard InChI is InChI=1S/C21H24N2O2/c1-14-6-5-7-15(10-14)12-19(24)22-13-16-8-9-18-17(11-16)21(2,3)20(25)23(18)4/h5-11H,12-13H2,1-4H3,(H,22,24). The fourth-order valence-corrected chi connectivity index (χ4v) is 3.40. The Morgan fingerprint density at radius 3 is 2.60 bits per heavy atom. The van der Waals surface area contributed by atoms with Crippen LogP contribution in [-0.4, -0.2) is 18.9 Å². The smallest absolute Gasteiger partial charge is 0.236 e. The maximum Gasteiger partial charge on any atom is 0.236 e. The van der Waals surface area contributed by atoms with Gasteiger partial charge in [-0.2, -0.15) is 0 Å². The largest absolute Gasteiger partial charge is 0.352 e. The number of hydrogen-bond donors (Lipinski definition) is 1. The second-order valence-electron chi connectivity index (χ2n) is 7.28. The van der Waals surface area contributed by atoms with Crippen LogP contribution in [-0.2, 0) is 28.0 Å². The van der Waals surface area contributed by atoms with Gasteiger partial charge >= 0.3 is 0 Å². The molecule has 0 aromatic heterocycles. The highest BCUT2D eigenvalue weighted by atomic mass is 16.2. The van der Waals surface area contributed by atoms with Crippen molar-refractivity contribution in [3.63, 3.8) is 0 Å². The van der Waals surface area contributed by atoms with Crippen LogP contribution in [0.3, 0.4) is 0 Å². The summed E-state index contributed by atoms with van der Waals surface area (Å²) in [7, 11) is 1.80.